The van der Waals surface area contributed by atoms with Gasteiger partial charge in [-0.05, 0) is 55.5 Å². The lowest BCUT2D eigenvalue weighted by atomic mass is 9.90. The van der Waals surface area contributed by atoms with Crippen LogP contribution in [0.3, 0.4) is 0 Å². The Hall–Kier alpha value is -1.29. The van der Waals surface area contributed by atoms with Crippen LogP contribution in [0.4, 0.5) is 13.2 Å². The highest BCUT2D eigenvalue weighted by Gasteiger charge is 2.24. The summed E-state index contributed by atoms with van der Waals surface area (Å²) < 4.78 is 41.1. The number of rotatable bonds is 2. The van der Waals surface area contributed by atoms with Crippen LogP contribution < -0.4 is 0 Å². The topological polar surface area (TPSA) is 0 Å². The van der Waals surface area contributed by atoms with E-state index in [0.717, 1.165) is 27.8 Å². The van der Waals surface area contributed by atoms with Gasteiger partial charge in [-0.1, -0.05) is 22.0 Å². The molecule has 0 saturated heterocycles. The average molecular weight is 357 g/mol. The van der Waals surface area contributed by atoms with E-state index in [1.807, 2.05) is 33.8 Å². The maximum Gasteiger partial charge on any atom is 0.133 e. The van der Waals surface area contributed by atoms with Crippen molar-refractivity contribution in [2.24, 2.45) is 0 Å². The Bertz CT molecular complexity index is 658. The Balaban J connectivity index is 2.69. The quantitative estimate of drug-likeness (QED) is 0.594. The summed E-state index contributed by atoms with van der Waals surface area (Å²) in [7, 11) is 0. The molecule has 0 saturated carbocycles. The fraction of sp³-hybridized carbons (Fsp3) is 0.294. The molecule has 21 heavy (non-hydrogen) atoms. The zero-order valence-corrected chi connectivity index (χ0v) is 13.9. The fourth-order valence-electron chi connectivity index (χ4n) is 2.57. The van der Waals surface area contributed by atoms with Gasteiger partial charge in [-0.3, -0.25) is 0 Å². The summed E-state index contributed by atoms with van der Waals surface area (Å²) in [5, 5.41) is 0. The Kier molecular flexibility index (Phi) is 4.47. The molecule has 2 rings (SSSR count). The van der Waals surface area contributed by atoms with Crippen LogP contribution in [0.2, 0.25) is 0 Å². The van der Waals surface area contributed by atoms with Crippen molar-refractivity contribution >= 4 is 15.9 Å². The lowest BCUT2D eigenvalue weighted by Gasteiger charge is -2.21. The Morgan fingerprint density at radius 3 is 1.62 bits per heavy atom. The van der Waals surface area contributed by atoms with Crippen molar-refractivity contribution in [3.63, 3.8) is 0 Å². The van der Waals surface area contributed by atoms with E-state index in [9.17, 15) is 13.2 Å². The third-order valence-corrected chi connectivity index (χ3v) is 4.89. The zero-order chi connectivity index (χ0) is 15.9. The first kappa shape index (κ1) is 16.1. The van der Waals surface area contributed by atoms with Gasteiger partial charge in [0.25, 0.3) is 0 Å². The summed E-state index contributed by atoms with van der Waals surface area (Å²) in [4.78, 5) is -0.656. The minimum Gasteiger partial charge on any atom is -0.207 e. The van der Waals surface area contributed by atoms with Crippen molar-refractivity contribution in [1.82, 2.24) is 0 Å². The van der Waals surface area contributed by atoms with Crippen molar-refractivity contribution in [1.29, 1.82) is 0 Å². The standard InChI is InChI=1S/C17H16BrF3/c1-8-5-9(2)11(4)15(10(8)3)17(18)16-13(20)6-12(19)7-14(16)21/h5-7,17H,1-4H3. The SMILES string of the molecule is Cc1cc(C)c(C)c(C(Br)c2c(F)cc(F)cc2F)c1C. The first-order valence-corrected chi connectivity index (χ1v) is 7.51. The van der Waals surface area contributed by atoms with Gasteiger partial charge in [0.2, 0.25) is 0 Å². The first-order valence-electron chi connectivity index (χ1n) is 6.59. The summed E-state index contributed by atoms with van der Waals surface area (Å²) in [6.07, 6.45) is 0. The van der Waals surface area contributed by atoms with Crippen LogP contribution in [0.25, 0.3) is 0 Å². The molecule has 1 unspecified atom stereocenters. The van der Waals surface area contributed by atoms with Gasteiger partial charge in [-0.15, -0.1) is 0 Å². The minimum absolute atomic E-state index is 0.160. The highest BCUT2D eigenvalue weighted by molar-refractivity contribution is 9.09. The number of hydrogen-bond acceptors (Lipinski definition) is 0. The number of benzene rings is 2. The molecule has 0 aliphatic carbocycles. The van der Waals surface area contributed by atoms with E-state index in [1.165, 1.54) is 0 Å². The van der Waals surface area contributed by atoms with E-state index >= 15 is 0 Å². The molecule has 0 aliphatic rings. The molecular weight excluding hydrogens is 341 g/mol. The van der Waals surface area contributed by atoms with Crippen LogP contribution >= 0.6 is 15.9 Å². The van der Waals surface area contributed by atoms with Gasteiger partial charge in [-0.25, -0.2) is 13.2 Å². The highest BCUT2D eigenvalue weighted by atomic mass is 79.9. The monoisotopic (exact) mass is 356 g/mol. The summed E-state index contributed by atoms with van der Waals surface area (Å²) in [5.74, 6) is -2.68. The van der Waals surface area contributed by atoms with Crippen LogP contribution in [-0.2, 0) is 0 Å². The van der Waals surface area contributed by atoms with Gasteiger partial charge in [0.15, 0.2) is 0 Å². The number of alkyl halides is 1. The summed E-state index contributed by atoms with van der Waals surface area (Å²) in [6.45, 7) is 7.76. The second-order valence-electron chi connectivity index (χ2n) is 5.32. The van der Waals surface area contributed by atoms with Crippen LogP contribution in [-0.4, -0.2) is 0 Å². The van der Waals surface area contributed by atoms with E-state index in [1.54, 1.807) is 0 Å². The Morgan fingerprint density at radius 1 is 0.762 bits per heavy atom. The molecule has 1 atom stereocenters. The van der Waals surface area contributed by atoms with E-state index in [2.05, 4.69) is 15.9 Å². The average Bonchev–Trinajstić information content (AvgIpc) is 2.35. The van der Waals surface area contributed by atoms with Crippen LogP contribution in [0, 0.1) is 45.1 Å². The van der Waals surface area contributed by atoms with Crippen molar-refractivity contribution in [2.45, 2.75) is 32.5 Å². The van der Waals surface area contributed by atoms with Crippen molar-refractivity contribution in [3.05, 3.63) is 69.0 Å². The van der Waals surface area contributed by atoms with Crippen LogP contribution in [0.15, 0.2) is 18.2 Å². The fourth-order valence-corrected chi connectivity index (χ4v) is 3.69. The molecule has 0 amide bonds. The third-order valence-electron chi connectivity index (χ3n) is 3.97. The molecule has 0 spiro atoms. The van der Waals surface area contributed by atoms with Crippen molar-refractivity contribution < 1.29 is 13.2 Å². The lowest BCUT2D eigenvalue weighted by molar-refractivity contribution is 0.527. The summed E-state index contributed by atoms with van der Waals surface area (Å²) in [6, 6.07) is 3.46. The van der Waals surface area contributed by atoms with E-state index < -0.39 is 22.3 Å². The lowest BCUT2D eigenvalue weighted by Crippen LogP contribution is -2.07. The molecule has 0 bridgehead atoms. The van der Waals surface area contributed by atoms with E-state index in [0.29, 0.717) is 12.1 Å². The van der Waals surface area contributed by atoms with Gasteiger partial charge in [-0.2, -0.15) is 0 Å². The predicted octanol–water partition coefficient (Wildman–Crippen LogP) is 5.82. The largest absolute Gasteiger partial charge is 0.207 e. The summed E-state index contributed by atoms with van der Waals surface area (Å²) in [5.41, 5.74) is 4.73. The molecular formula is C17H16BrF3. The third kappa shape index (κ3) is 2.86. The van der Waals surface area contributed by atoms with Crippen LogP contribution in [0.1, 0.15) is 38.2 Å². The molecule has 112 valence electrons. The number of hydrogen-bond donors (Lipinski definition) is 0. The first-order chi connectivity index (χ1) is 9.73. The normalized spacial score (nSPS) is 12.6. The molecule has 4 heteroatoms. The molecule has 2 aromatic rings. The predicted molar refractivity (Wildman–Crippen MR) is 82.5 cm³/mol. The van der Waals surface area contributed by atoms with Gasteiger partial charge >= 0.3 is 0 Å². The maximum absolute atomic E-state index is 14.0. The molecule has 2 aromatic carbocycles. The Morgan fingerprint density at radius 2 is 1.19 bits per heavy atom. The van der Waals surface area contributed by atoms with E-state index in [-0.39, 0.29) is 5.56 Å². The Labute approximate surface area is 131 Å². The van der Waals surface area contributed by atoms with Gasteiger partial charge < -0.3 is 0 Å². The number of aryl methyl sites for hydroxylation is 2. The van der Waals surface area contributed by atoms with E-state index in [4.69, 9.17) is 0 Å². The second kappa shape index (κ2) is 5.84. The van der Waals surface area contributed by atoms with Gasteiger partial charge in [0.1, 0.15) is 17.5 Å². The highest BCUT2D eigenvalue weighted by Crippen LogP contribution is 2.39. The number of halogens is 4. The minimum atomic E-state index is -0.915. The second-order valence-corrected chi connectivity index (χ2v) is 6.24. The van der Waals surface area contributed by atoms with Crippen LogP contribution in [0.5, 0.6) is 0 Å². The van der Waals surface area contributed by atoms with Gasteiger partial charge in [0.05, 0.1) is 4.83 Å². The molecule has 0 radical (unpaired) electrons. The molecule has 0 N–H and O–H groups in total. The molecule has 0 aromatic heterocycles. The molecule has 0 heterocycles. The van der Waals surface area contributed by atoms with Gasteiger partial charge in [0, 0.05) is 17.7 Å². The van der Waals surface area contributed by atoms with Crippen molar-refractivity contribution in [2.75, 3.05) is 0 Å². The summed E-state index contributed by atoms with van der Waals surface area (Å²) >= 11 is 3.39. The zero-order valence-electron chi connectivity index (χ0n) is 12.3. The maximum atomic E-state index is 14.0. The smallest absolute Gasteiger partial charge is 0.133 e. The molecule has 0 fully saturated rings. The van der Waals surface area contributed by atoms with Crippen molar-refractivity contribution in [3.8, 4) is 0 Å². The molecule has 0 nitrogen and oxygen atoms in total. The molecule has 0 aliphatic heterocycles.